The molecule has 124 valence electrons. The Morgan fingerprint density at radius 2 is 1.79 bits per heavy atom. The molecule has 0 heterocycles. The number of esters is 1. The largest absolute Gasteiger partial charge is 0.451 e. The van der Waals surface area contributed by atoms with Crippen molar-refractivity contribution in [2.45, 2.75) is 13.0 Å². The van der Waals surface area contributed by atoms with E-state index in [9.17, 15) is 9.59 Å². The Balaban J connectivity index is 1.99. The maximum atomic E-state index is 12.2. The first kappa shape index (κ1) is 18.5. The minimum absolute atomic E-state index is 0.325. The number of Topliss-reactive ketones (excluding diaryl/α,β-unsaturated/α-hetero) is 1. The number of ketones is 1. The SMILES string of the molecule is C[C@H](OC(=O)/C=C/c1ccc(Cl)c(Cl)c1)C(=O)c1cccc(Cl)c1. The van der Waals surface area contributed by atoms with Gasteiger partial charge in [-0.3, -0.25) is 4.79 Å². The van der Waals surface area contributed by atoms with Crippen molar-refractivity contribution in [1.29, 1.82) is 0 Å². The maximum Gasteiger partial charge on any atom is 0.331 e. The minimum atomic E-state index is -0.922. The Kier molecular flexibility index (Phi) is 6.44. The smallest absolute Gasteiger partial charge is 0.331 e. The molecule has 2 aromatic carbocycles. The summed E-state index contributed by atoms with van der Waals surface area (Å²) in [6, 6.07) is 11.4. The number of hydrogen-bond acceptors (Lipinski definition) is 3. The van der Waals surface area contributed by atoms with E-state index in [1.807, 2.05) is 0 Å². The number of ether oxygens (including phenoxy) is 1. The first-order valence-electron chi connectivity index (χ1n) is 7.00. The summed E-state index contributed by atoms with van der Waals surface area (Å²) >= 11 is 17.6. The molecule has 1 atom stereocenters. The fourth-order valence-electron chi connectivity index (χ4n) is 1.92. The van der Waals surface area contributed by atoms with Gasteiger partial charge in [0.2, 0.25) is 5.78 Å². The van der Waals surface area contributed by atoms with Crippen LogP contribution < -0.4 is 0 Å². The van der Waals surface area contributed by atoms with Crippen molar-refractivity contribution in [3.05, 3.63) is 74.7 Å². The molecule has 0 spiro atoms. The third-order valence-electron chi connectivity index (χ3n) is 3.13. The van der Waals surface area contributed by atoms with Gasteiger partial charge in [0, 0.05) is 16.7 Å². The summed E-state index contributed by atoms with van der Waals surface area (Å²) in [5, 5.41) is 1.26. The number of benzene rings is 2. The topological polar surface area (TPSA) is 43.4 Å². The monoisotopic (exact) mass is 382 g/mol. The molecule has 0 unspecified atom stereocenters. The van der Waals surface area contributed by atoms with Crippen molar-refractivity contribution >= 4 is 52.6 Å². The highest BCUT2D eigenvalue weighted by Crippen LogP contribution is 2.23. The van der Waals surface area contributed by atoms with Gasteiger partial charge in [-0.2, -0.15) is 0 Å². The summed E-state index contributed by atoms with van der Waals surface area (Å²) in [6.07, 6.45) is 1.83. The molecule has 0 aliphatic rings. The molecule has 0 saturated carbocycles. The van der Waals surface area contributed by atoms with E-state index < -0.39 is 12.1 Å². The average molecular weight is 384 g/mol. The molecule has 6 heteroatoms. The molecule has 0 radical (unpaired) electrons. The van der Waals surface area contributed by atoms with Gasteiger partial charge < -0.3 is 4.74 Å². The van der Waals surface area contributed by atoms with Gasteiger partial charge in [-0.15, -0.1) is 0 Å². The van der Waals surface area contributed by atoms with Gasteiger partial charge in [-0.25, -0.2) is 4.79 Å². The van der Waals surface area contributed by atoms with Gasteiger partial charge in [-0.1, -0.05) is 53.0 Å². The van der Waals surface area contributed by atoms with Crippen LogP contribution in [0.5, 0.6) is 0 Å². The van der Waals surface area contributed by atoms with Gasteiger partial charge in [0.15, 0.2) is 6.10 Å². The predicted octanol–water partition coefficient (Wildman–Crippen LogP) is 5.47. The van der Waals surface area contributed by atoms with Crippen LogP contribution in [0.2, 0.25) is 15.1 Å². The van der Waals surface area contributed by atoms with Crippen LogP contribution in [-0.4, -0.2) is 17.9 Å². The lowest BCUT2D eigenvalue weighted by atomic mass is 10.1. The van der Waals surface area contributed by atoms with Gasteiger partial charge in [-0.05, 0) is 42.8 Å². The quantitative estimate of drug-likeness (QED) is 0.390. The van der Waals surface area contributed by atoms with Gasteiger partial charge in [0.25, 0.3) is 0 Å². The highest BCUT2D eigenvalue weighted by atomic mass is 35.5. The molecule has 0 aliphatic heterocycles. The second-order valence-corrected chi connectivity index (χ2v) is 6.21. The maximum absolute atomic E-state index is 12.2. The summed E-state index contributed by atoms with van der Waals surface area (Å²) in [7, 11) is 0. The summed E-state index contributed by atoms with van der Waals surface area (Å²) in [5.74, 6) is -0.960. The Bertz CT molecular complexity index is 800. The van der Waals surface area contributed by atoms with E-state index in [4.69, 9.17) is 39.5 Å². The van der Waals surface area contributed by atoms with Gasteiger partial charge in [0.1, 0.15) is 0 Å². The van der Waals surface area contributed by atoms with E-state index in [2.05, 4.69) is 0 Å². The fraction of sp³-hybridized carbons (Fsp3) is 0.111. The molecule has 0 N–H and O–H groups in total. The zero-order chi connectivity index (χ0) is 17.7. The first-order chi connectivity index (χ1) is 11.4. The van der Waals surface area contributed by atoms with Crippen molar-refractivity contribution in [3.8, 4) is 0 Å². The van der Waals surface area contributed by atoms with Crippen molar-refractivity contribution in [3.63, 3.8) is 0 Å². The average Bonchev–Trinajstić information content (AvgIpc) is 2.55. The van der Waals surface area contributed by atoms with E-state index in [-0.39, 0.29) is 5.78 Å². The van der Waals surface area contributed by atoms with E-state index in [0.717, 1.165) is 0 Å². The third-order valence-corrected chi connectivity index (χ3v) is 4.10. The second-order valence-electron chi connectivity index (χ2n) is 4.96. The third kappa shape index (κ3) is 5.10. The minimum Gasteiger partial charge on any atom is -0.451 e. The molecule has 0 aliphatic carbocycles. The van der Waals surface area contributed by atoms with E-state index in [0.29, 0.717) is 26.2 Å². The first-order valence-corrected chi connectivity index (χ1v) is 8.14. The summed E-state index contributed by atoms with van der Waals surface area (Å²) in [5.41, 5.74) is 1.08. The number of halogens is 3. The van der Waals surface area contributed by atoms with Crippen molar-refractivity contribution in [2.24, 2.45) is 0 Å². The number of hydrogen-bond donors (Lipinski definition) is 0. The van der Waals surface area contributed by atoms with Crippen LogP contribution in [0, 0.1) is 0 Å². The predicted molar refractivity (Wildman–Crippen MR) is 96.8 cm³/mol. The summed E-state index contributed by atoms with van der Waals surface area (Å²) < 4.78 is 5.10. The standard InChI is InChI=1S/C18H13Cl3O3/c1-11(18(23)13-3-2-4-14(19)10-13)24-17(22)8-6-12-5-7-15(20)16(21)9-12/h2-11H,1H3/b8-6+/t11-/m0/s1. The Hall–Kier alpha value is -1.81. The lowest BCUT2D eigenvalue weighted by Crippen LogP contribution is -2.23. The Morgan fingerprint density at radius 3 is 2.46 bits per heavy atom. The molecule has 24 heavy (non-hydrogen) atoms. The molecular formula is C18H13Cl3O3. The molecule has 0 amide bonds. The lowest BCUT2D eigenvalue weighted by Gasteiger charge is -2.11. The normalized spacial score (nSPS) is 12.2. The van der Waals surface area contributed by atoms with Crippen LogP contribution in [0.25, 0.3) is 6.08 Å². The molecule has 2 aromatic rings. The molecule has 0 aromatic heterocycles. The Morgan fingerprint density at radius 1 is 1.04 bits per heavy atom. The zero-order valence-electron chi connectivity index (χ0n) is 12.6. The van der Waals surface area contributed by atoms with Crippen LogP contribution in [0.3, 0.4) is 0 Å². The second kappa shape index (κ2) is 8.34. The van der Waals surface area contributed by atoms with Crippen molar-refractivity contribution in [2.75, 3.05) is 0 Å². The molecule has 2 rings (SSSR count). The van der Waals surface area contributed by atoms with Crippen LogP contribution in [0.4, 0.5) is 0 Å². The summed E-state index contributed by atoms with van der Waals surface area (Å²) in [4.78, 5) is 24.0. The molecule has 0 fully saturated rings. The van der Waals surface area contributed by atoms with Crippen molar-refractivity contribution in [1.82, 2.24) is 0 Å². The van der Waals surface area contributed by atoms with Gasteiger partial charge >= 0.3 is 5.97 Å². The molecule has 0 saturated heterocycles. The summed E-state index contributed by atoms with van der Waals surface area (Å²) in [6.45, 7) is 1.51. The highest BCUT2D eigenvalue weighted by Gasteiger charge is 2.18. The Labute approximate surface area is 154 Å². The fourth-order valence-corrected chi connectivity index (χ4v) is 2.42. The number of rotatable bonds is 5. The zero-order valence-corrected chi connectivity index (χ0v) is 14.9. The van der Waals surface area contributed by atoms with E-state index in [1.54, 1.807) is 36.4 Å². The van der Waals surface area contributed by atoms with E-state index in [1.165, 1.54) is 25.1 Å². The van der Waals surface area contributed by atoms with Crippen LogP contribution in [-0.2, 0) is 9.53 Å². The highest BCUT2D eigenvalue weighted by molar-refractivity contribution is 6.42. The molecule has 0 bridgehead atoms. The van der Waals surface area contributed by atoms with Crippen molar-refractivity contribution < 1.29 is 14.3 Å². The lowest BCUT2D eigenvalue weighted by molar-refractivity contribution is -0.140. The number of carbonyl (C=O) groups is 2. The molecular weight excluding hydrogens is 371 g/mol. The molecule has 3 nitrogen and oxygen atoms in total. The van der Waals surface area contributed by atoms with Crippen LogP contribution >= 0.6 is 34.8 Å². The van der Waals surface area contributed by atoms with Crippen LogP contribution in [0.1, 0.15) is 22.8 Å². The van der Waals surface area contributed by atoms with Crippen LogP contribution in [0.15, 0.2) is 48.5 Å². The van der Waals surface area contributed by atoms with Gasteiger partial charge in [0.05, 0.1) is 10.0 Å². The number of carbonyl (C=O) groups excluding carboxylic acids is 2. The van der Waals surface area contributed by atoms with E-state index >= 15 is 0 Å².